The molecule has 1 amide bonds. The number of carbonyl (C=O) groups is 1. The average molecular weight is 276 g/mol. The van der Waals surface area contributed by atoms with Crippen LogP contribution < -0.4 is 5.32 Å². The fourth-order valence-corrected chi connectivity index (χ4v) is 1.74. The molecule has 3 N–H and O–H groups in total. The second kappa shape index (κ2) is 5.20. The molecule has 0 spiro atoms. The summed E-state index contributed by atoms with van der Waals surface area (Å²) in [5.41, 5.74) is 1.66. The van der Waals surface area contributed by atoms with E-state index in [1.807, 2.05) is 27.7 Å². The molecular weight excluding hydrogens is 256 g/mol. The van der Waals surface area contributed by atoms with Gasteiger partial charge in [0.05, 0.1) is 11.7 Å². The van der Waals surface area contributed by atoms with Gasteiger partial charge in [-0.2, -0.15) is 5.10 Å². The van der Waals surface area contributed by atoms with E-state index in [1.165, 1.54) is 6.20 Å². The van der Waals surface area contributed by atoms with Crippen LogP contribution in [0.2, 0.25) is 0 Å². The van der Waals surface area contributed by atoms with E-state index in [2.05, 4.69) is 20.5 Å². The molecule has 20 heavy (non-hydrogen) atoms. The Labute approximate surface area is 117 Å². The van der Waals surface area contributed by atoms with Crippen molar-refractivity contribution in [2.24, 2.45) is 5.41 Å². The zero-order valence-electron chi connectivity index (χ0n) is 12.2. The first-order chi connectivity index (χ1) is 9.29. The highest BCUT2D eigenvalue weighted by Crippen LogP contribution is 2.18. The molecule has 0 fully saturated rings. The van der Waals surface area contributed by atoms with Crippen molar-refractivity contribution in [2.75, 3.05) is 6.54 Å². The highest BCUT2D eigenvalue weighted by molar-refractivity contribution is 5.97. The highest BCUT2D eigenvalue weighted by atomic mass is 16.3. The molecule has 0 radical (unpaired) electrons. The Hall–Kier alpha value is -1.95. The summed E-state index contributed by atoms with van der Waals surface area (Å²) in [6, 6.07) is 1.75. The van der Waals surface area contributed by atoms with E-state index in [0.29, 0.717) is 11.2 Å². The first kappa shape index (κ1) is 14.5. The molecule has 0 aliphatic rings. The number of hydrogen-bond donors (Lipinski definition) is 3. The summed E-state index contributed by atoms with van der Waals surface area (Å²) in [6.45, 7) is 7.86. The van der Waals surface area contributed by atoms with Gasteiger partial charge in [-0.25, -0.2) is 4.98 Å². The van der Waals surface area contributed by atoms with E-state index >= 15 is 0 Å². The molecule has 0 aliphatic heterocycles. The molecular formula is C14H20N4O2. The molecule has 2 heterocycles. The van der Waals surface area contributed by atoms with Gasteiger partial charge in [0.15, 0.2) is 5.65 Å². The molecule has 0 saturated carbocycles. The fraction of sp³-hybridized carbons (Fsp3) is 0.500. The van der Waals surface area contributed by atoms with E-state index in [9.17, 15) is 9.90 Å². The highest BCUT2D eigenvalue weighted by Gasteiger charge is 2.22. The maximum atomic E-state index is 12.1. The van der Waals surface area contributed by atoms with Crippen LogP contribution in [0.15, 0.2) is 12.3 Å². The molecule has 0 saturated heterocycles. The number of carbonyl (C=O) groups excluding carboxylic acids is 1. The van der Waals surface area contributed by atoms with Crippen molar-refractivity contribution in [1.82, 2.24) is 20.5 Å². The summed E-state index contributed by atoms with van der Waals surface area (Å²) in [5.74, 6) is -0.247. The monoisotopic (exact) mass is 276 g/mol. The molecule has 1 unspecified atom stereocenters. The number of pyridine rings is 1. The number of aryl methyl sites for hydroxylation is 1. The molecule has 1 atom stereocenters. The zero-order valence-corrected chi connectivity index (χ0v) is 12.2. The summed E-state index contributed by atoms with van der Waals surface area (Å²) in [6.07, 6.45) is 0.889. The molecule has 6 heteroatoms. The van der Waals surface area contributed by atoms with Crippen LogP contribution in [0, 0.1) is 12.3 Å². The summed E-state index contributed by atoms with van der Waals surface area (Å²) in [7, 11) is 0. The predicted molar refractivity (Wildman–Crippen MR) is 76.4 cm³/mol. The number of aliphatic hydroxyl groups excluding tert-OH is 1. The predicted octanol–water partition coefficient (Wildman–Crippen LogP) is 1.40. The largest absolute Gasteiger partial charge is 0.391 e. The third kappa shape index (κ3) is 2.96. The first-order valence-electron chi connectivity index (χ1n) is 6.56. The van der Waals surface area contributed by atoms with Gasteiger partial charge in [0.2, 0.25) is 0 Å². The number of amides is 1. The van der Waals surface area contributed by atoms with Gasteiger partial charge >= 0.3 is 0 Å². The minimum Gasteiger partial charge on any atom is -0.391 e. The zero-order chi connectivity index (χ0) is 14.9. The molecule has 0 aliphatic carbocycles. The van der Waals surface area contributed by atoms with Gasteiger partial charge in [-0.1, -0.05) is 20.8 Å². The number of aromatic amines is 1. The standard InChI is InChI=1S/C14H20N4O2/c1-8-10-5-9(6-15-12(10)18-17-8)13(20)16-7-11(19)14(2,3)4/h5-6,11,19H,7H2,1-4H3,(H,16,20)(H,15,17,18). The Morgan fingerprint density at radius 2 is 2.20 bits per heavy atom. The molecule has 2 rings (SSSR count). The number of aliphatic hydroxyl groups is 1. The number of fused-ring (bicyclic) bond motifs is 1. The lowest BCUT2D eigenvalue weighted by Crippen LogP contribution is -2.39. The number of rotatable bonds is 3. The lowest BCUT2D eigenvalue weighted by molar-refractivity contribution is 0.0587. The molecule has 108 valence electrons. The van der Waals surface area contributed by atoms with E-state index in [-0.39, 0.29) is 17.9 Å². The SMILES string of the molecule is Cc1[nH]nc2ncc(C(=O)NCC(O)C(C)(C)C)cc12. The number of nitrogens with zero attached hydrogens (tertiary/aromatic N) is 2. The van der Waals surface area contributed by atoms with E-state index in [1.54, 1.807) is 6.07 Å². The second-order valence-electron chi connectivity index (χ2n) is 6.04. The van der Waals surface area contributed by atoms with Gasteiger partial charge in [-0.15, -0.1) is 0 Å². The van der Waals surface area contributed by atoms with Crippen molar-refractivity contribution in [2.45, 2.75) is 33.8 Å². The van der Waals surface area contributed by atoms with Crippen LogP contribution >= 0.6 is 0 Å². The number of hydrogen-bond acceptors (Lipinski definition) is 4. The summed E-state index contributed by atoms with van der Waals surface area (Å²) < 4.78 is 0. The van der Waals surface area contributed by atoms with Crippen LogP contribution in [0.25, 0.3) is 11.0 Å². The van der Waals surface area contributed by atoms with Crippen LogP contribution in [0.4, 0.5) is 0 Å². The van der Waals surface area contributed by atoms with E-state index in [4.69, 9.17) is 0 Å². The van der Waals surface area contributed by atoms with Crippen molar-refractivity contribution < 1.29 is 9.90 Å². The third-order valence-corrected chi connectivity index (χ3v) is 3.32. The minimum atomic E-state index is -0.598. The number of nitrogens with one attached hydrogen (secondary N) is 2. The number of H-pyrrole nitrogens is 1. The molecule has 6 nitrogen and oxygen atoms in total. The Morgan fingerprint density at radius 1 is 1.50 bits per heavy atom. The van der Waals surface area contributed by atoms with Crippen LogP contribution in [0.1, 0.15) is 36.8 Å². The van der Waals surface area contributed by atoms with Crippen molar-refractivity contribution in [3.8, 4) is 0 Å². The summed E-state index contributed by atoms with van der Waals surface area (Å²) in [5, 5.41) is 20.3. The lowest BCUT2D eigenvalue weighted by Gasteiger charge is -2.25. The van der Waals surface area contributed by atoms with Gasteiger partial charge < -0.3 is 10.4 Å². The summed E-state index contributed by atoms with van der Waals surface area (Å²) >= 11 is 0. The van der Waals surface area contributed by atoms with Crippen LogP contribution in [-0.4, -0.2) is 38.8 Å². The van der Waals surface area contributed by atoms with Crippen LogP contribution in [0.3, 0.4) is 0 Å². The van der Waals surface area contributed by atoms with Crippen molar-refractivity contribution in [3.63, 3.8) is 0 Å². The maximum Gasteiger partial charge on any atom is 0.252 e. The van der Waals surface area contributed by atoms with Crippen molar-refractivity contribution in [1.29, 1.82) is 0 Å². The molecule has 2 aromatic rings. The Bertz CT molecular complexity index is 628. The molecule has 0 bridgehead atoms. The molecule has 0 aromatic carbocycles. The topological polar surface area (TPSA) is 90.9 Å². The smallest absolute Gasteiger partial charge is 0.252 e. The van der Waals surface area contributed by atoms with Crippen molar-refractivity contribution >= 4 is 16.9 Å². The Morgan fingerprint density at radius 3 is 2.85 bits per heavy atom. The molecule has 2 aromatic heterocycles. The summed E-state index contributed by atoms with van der Waals surface area (Å²) in [4.78, 5) is 16.2. The Kier molecular flexibility index (Phi) is 3.76. The van der Waals surface area contributed by atoms with Gasteiger partial charge in [-0.3, -0.25) is 9.89 Å². The van der Waals surface area contributed by atoms with Gasteiger partial charge in [-0.05, 0) is 18.4 Å². The van der Waals surface area contributed by atoms with Crippen molar-refractivity contribution in [3.05, 3.63) is 23.5 Å². The van der Waals surface area contributed by atoms with E-state index < -0.39 is 6.10 Å². The Balaban J connectivity index is 2.09. The second-order valence-corrected chi connectivity index (χ2v) is 6.04. The number of aromatic nitrogens is 3. The fourth-order valence-electron chi connectivity index (χ4n) is 1.74. The van der Waals surface area contributed by atoms with Crippen LogP contribution in [-0.2, 0) is 0 Å². The van der Waals surface area contributed by atoms with Gasteiger partial charge in [0.25, 0.3) is 5.91 Å². The normalized spacial score (nSPS) is 13.4. The average Bonchev–Trinajstić information content (AvgIpc) is 2.75. The van der Waals surface area contributed by atoms with Gasteiger partial charge in [0, 0.05) is 23.8 Å². The van der Waals surface area contributed by atoms with Gasteiger partial charge in [0.1, 0.15) is 0 Å². The minimum absolute atomic E-state index is 0.213. The van der Waals surface area contributed by atoms with E-state index in [0.717, 1.165) is 11.1 Å². The maximum absolute atomic E-state index is 12.1. The lowest BCUT2D eigenvalue weighted by atomic mass is 9.89. The first-order valence-corrected chi connectivity index (χ1v) is 6.56. The third-order valence-electron chi connectivity index (χ3n) is 3.32. The quantitative estimate of drug-likeness (QED) is 0.790. The van der Waals surface area contributed by atoms with Crippen LogP contribution in [0.5, 0.6) is 0 Å².